The van der Waals surface area contributed by atoms with Crippen molar-refractivity contribution < 1.29 is 10.0 Å². The van der Waals surface area contributed by atoms with Gasteiger partial charge in [0.1, 0.15) is 0 Å². The maximum atomic E-state index is 12.0. The largest absolute Gasteiger partial charge is 0.293 e. The molecule has 0 aromatic carbocycles. The number of nitrogens with zero attached hydrogens (tertiary/aromatic N) is 1. The topological polar surface area (TPSA) is 40.2 Å². The van der Waals surface area contributed by atoms with Gasteiger partial charge in [0.15, 0.2) is 5.78 Å². The van der Waals surface area contributed by atoms with Gasteiger partial charge in [-0.2, -0.15) is 0 Å². The quantitative estimate of drug-likeness (QED) is 0.726. The summed E-state index contributed by atoms with van der Waals surface area (Å²) in [5, 5.41) is 13.0. The smallest absolute Gasteiger partial charge is 0.173 e. The van der Waals surface area contributed by atoms with Crippen LogP contribution in [0, 0.1) is 0 Å². The molecule has 1 atom stereocenters. The number of Topliss-reactive ketones (excluding diaryl/α,β-unsaturated/α-hetero) is 1. The average Bonchev–Trinajstić information content (AvgIpc) is 2.25. The first-order valence-corrected chi connectivity index (χ1v) is 5.91. The lowest BCUT2D eigenvalue weighted by atomic mass is 9.92. The van der Waals surface area contributed by atoms with Crippen LogP contribution in [0.5, 0.6) is 0 Å². The van der Waals surface area contributed by atoms with E-state index in [0.717, 1.165) is 5.06 Å². The van der Waals surface area contributed by atoms with Crippen LogP contribution < -0.4 is 0 Å². The van der Waals surface area contributed by atoms with Gasteiger partial charge in [0, 0.05) is 5.57 Å². The predicted octanol–water partition coefficient (Wildman–Crippen LogP) is 2.48. The molecule has 0 saturated heterocycles. The van der Waals surface area contributed by atoms with Gasteiger partial charge in [-0.25, -0.2) is 0 Å². The van der Waals surface area contributed by atoms with Crippen LogP contribution in [0.1, 0.15) is 34.6 Å². The Labute approximate surface area is 99.2 Å². The molecule has 0 aliphatic carbocycles. The van der Waals surface area contributed by atoms with E-state index in [0.29, 0.717) is 5.57 Å². The fourth-order valence-electron chi connectivity index (χ4n) is 2.01. The summed E-state index contributed by atoms with van der Waals surface area (Å²) in [6, 6.07) is 0. The molecule has 1 heterocycles. The molecule has 1 aliphatic heterocycles. The third-order valence-electron chi connectivity index (χ3n) is 2.81. The zero-order valence-corrected chi connectivity index (χ0v) is 11.4. The molecule has 0 saturated carbocycles. The highest BCUT2D eigenvalue weighted by Crippen LogP contribution is 2.39. The number of hydrogen-bond donors (Lipinski definition) is 0. The van der Waals surface area contributed by atoms with Crippen molar-refractivity contribution in [3.63, 3.8) is 0 Å². The number of halogens is 1. The maximum absolute atomic E-state index is 12.0. The number of carbonyl (C=O) groups excluding carboxylic acids is 1. The van der Waals surface area contributed by atoms with Gasteiger partial charge in [0.2, 0.25) is 0 Å². The molecule has 1 radical (unpaired) electrons. The number of hydrogen-bond acceptors (Lipinski definition) is 2. The number of rotatable bonds is 2. The van der Waals surface area contributed by atoms with Gasteiger partial charge in [0.05, 0.1) is 15.9 Å². The lowest BCUT2D eigenvalue weighted by molar-refractivity contribution is -0.238. The predicted molar refractivity (Wildman–Crippen MR) is 62.2 cm³/mol. The van der Waals surface area contributed by atoms with Gasteiger partial charge in [0.25, 0.3) is 0 Å². The van der Waals surface area contributed by atoms with Gasteiger partial charge in [-0.3, -0.25) is 4.79 Å². The summed E-state index contributed by atoms with van der Waals surface area (Å²) in [4.78, 5) is 11.7. The molecule has 0 aromatic rings. The molecule has 1 unspecified atom stereocenters. The molecule has 0 amide bonds. The Hall–Kier alpha value is -0.190. The fraction of sp³-hybridized carbons (Fsp3) is 0.727. The second-order valence-corrected chi connectivity index (χ2v) is 6.42. The van der Waals surface area contributed by atoms with Crippen molar-refractivity contribution in [1.82, 2.24) is 5.06 Å². The van der Waals surface area contributed by atoms with Crippen molar-refractivity contribution >= 4 is 21.7 Å². The van der Waals surface area contributed by atoms with Crippen LogP contribution >= 0.6 is 15.9 Å². The Morgan fingerprint density at radius 3 is 2.13 bits per heavy atom. The molecule has 0 fully saturated rings. The molecule has 85 valence electrons. The highest BCUT2D eigenvalue weighted by molar-refractivity contribution is 9.10. The van der Waals surface area contributed by atoms with Crippen LogP contribution in [-0.2, 0) is 10.0 Å². The molecular formula is C11H17BrNO2. The Balaban J connectivity index is 3.15. The zero-order valence-electron chi connectivity index (χ0n) is 9.80. The number of ketones is 1. The van der Waals surface area contributed by atoms with E-state index < -0.39 is 11.1 Å². The van der Waals surface area contributed by atoms with Crippen LogP contribution in [0.4, 0.5) is 0 Å². The van der Waals surface area contributed by atoms with E-state index in [2.05, 4.69) is 15.9 Å². The molecule has 3 nitrogen and oxygen atoms in total. The lowest BCUT2D eigenvalue weighted by Crippen LogP contribution is -2.48. The molecule has 0 spiro atoms. The SMILES string of the molecule is CC(Br)C(=O)C1=CC(C)(C)N([O])C1(C)C. The Morgan fingerprint density at radius 1 is 1.40 bits per heavy atom. The summed E-state index contributed by atoms with van der Waals surface area (Å²) in [6.45, 7) is 8.99. The summed E-state index contributed by atoms with van der Waals surface area (Å²) in [6.07, 6.45) is 1.78. The first-order chi connectivity index (χ1) is 6.60. The van der Waals surface area contributed by atoms with Crippen molar-refractivity contribution in [3.05, 3.63) is 11.6 Å². The number of hydroxylamine groups is 2. The lowest BCUT2D eigenvalue weighted by Gasteiger charge is -2.33. The normalized spacial score (nSPS) is 26.2. The highest BCUT2D eigenvalue weighted by atomic mass is 79.9. The van der Waals surface area contributed by atoms with E-state index in [-0.39, 0.29) is 10.6 Å². The molecule has 4 heteroatoms. The molecule has 1 aliphatic rings. The van der Waals surface area contributed by atoms with Crippen LogP contribution in [0.25, 0.3) is 0 Å². The summed E-state index contributed by atoms with van der Waals surface area (Å²) >= 11 is 3.25. The number of alkyl halides is 1. The van der Waals surface area contributed by atoms with Crippen molar-refractivity contribution in [1.29, 1.82) is 0 Å². The van der Waals surface area contributed by atoms with E-state index in [1.54, 1.807) is 26.8 Å². The standard InChI is InChI=1S/C11H17BrNO2/c1-7(12)9(14)8-6-10(2,3)13(15)11(8,4)5/h6-7H,1-5H3. The third-order valence-corrected chi connectivity index (χ3v) is 3.23. The zero-order chi connectivity index (χ0) is 12.0. The van der Waals surface area contributed by atoms with Gasteiger partial charge < -0.3 is 0 Å². The van der Waals surface area contributed by atoms with E-state index in [1.807, 2.05) is 13.8 Å². The Morgan fingerprint density at radius 2 is 1.87 bits per heavy atom. The van der Waals surface area contributed by atoms with Crippen LogP contribution in [0.15, 0.2) is 11.6 Å². The Bertz CT molecular complexity index is 319. The van der Waals surface area contributed by atoms with E-state index in [1.165, 1.54) is 0 Å². The van der Waals surface area contributed by atoms with E-state index >= 15 is 0 Å². The molecule has 0 N–H and O–H groups in total. The average molecular weight is 275 g/mol. The minimum Gasteiger partial charge on any atom is -0.293 e. The van der Waals surface area contributed by atoms with Gasteiger partial charge in [-0.05, 0) is 34.6 Å². The second-order valence-electron chi connectivity index (χ2n) is 5.05. The molecule has 0 aromatic heterocycles. The van der Waals surface area contributed by atoms with Gasteiger partial charge in [-0.15, -0.1) is 10.3 Å². The first kappa shape index (κ1) is 12.9. The first-order valence-electron chi connectivity index (χ1n) is 5.00. The summed E-state index contributed by atoms with van der Waals surface area (Å²) in [7, 11) is 0. The van der Waals surface area contributed by atoms with Crippen molar-refractivity contribution in [2.75, 3.05) is 0 Å². The second kappa shape index (κ2) is 3.68. The van der Waals surface area contributed by atoms with Gasteiger partial charge >= 0.3 is 0 Å². The molecule has 1 rings (SSSR count). The molecular weight excluding hydrogens is 258 g/mol. The third kappa shape index (κ3) is 2.03. The monoisotopic (exact) mass is 274 g/mol. The fourth-order valence-corrected chi connectivity index (χ4v) is 2.25. The Kier molecular flexibility index (Phi) is 3.16. The molecule has 0 bridgehead atoms. The highest BCUT2D eigenvalue weighted by Gasteiger charge is 2.48. The molecule has 15 heavy (non-hydrogen) atoms. The van der Waals surface area contributed by atoms with Crippen LogP contribution in [0.3, 0.4) is 0 Å². The van der Waals surface area contributed by atoms with E-state index in [4.69, 9.17) is 0 Å². The van der Waals surface area contributed by atoms with Crippen molar-refractivity contribution in [2.45, 2.75) is 50.5 Å². The van der Waals surface area contributed by atoms with Crippen molar-refractivity contribution in [3.8, 4) is 0 Å². The summed E-state index contributed by atoms with van der Waals surface area (Å²) in [5.74, 6) is -0.00794. The summed E-state index contributed by atoms with van der Waals surface area (Å²) in [5.41, 5.74) is -0.731. The van der Waals surface area contributed by atoms with E-state index in [9.17, 15) is 10.0 Å². The van der Waals surface area contributed by atoms with Gasteiger partial charge in [-0.1, -0.05) is 22.0 Å². The van der Waals surface area contributed by atoms with Crippen LogP contribution in [0.2, 0.25) is 0 Å². The minimum absolute atomic E-state index is 0.00794. The van der Waals surface area contributed by atoms with Crippen LogP contribution in [-0.4, -0.2) is 26.8 Å². The maximum Gasteiger partial charge on any atom is 0.173 e. The summed E-state index contributed by atoms with van der Waals surface area (Å²) < 4.78 is 0. The number of carbonyl (C=O) groups is 1. The minimum atomic E-state index is -0.734. The van der Waals surface area contributed by atoms with Crippen molar-refractivity contribution in [2.24, 2.45) is 0 Å².